The molecule has 0 atom stereocenters. The van der Waals surface area contributed by atoms with E-state index >= 15 is 0 Å². The van der Waals surface area contributed by atoms with E-state index in [-0.39, 0.29) is 0 Å². The molecule has 0 bridgehead atoms. The summed E-state index contributed by atoms with van der Waals surface area (Å²) in [6.07, 6.45) is 2.77. The Bertz CT molecular complexity index is 577. The van der Waals surface area contributed by atoms with Crippen LogP contribution in [0.25, 0.3) is 11.3 Å². The van der Waals surface area contributed by atoms with Gasteiger partial charge in [-0.2, -0.15) is 0 Å². The summed E-state index contributed by atoms with van der Waals surface area (Å²) in [6.45, 7) is 4.87. The summed E-state index contributed by atoms with van der Waals surface area (Å²) in [7, 11) is 0. The molecule has 0 aliphatic rings. The van der Waals surface area contributed by atoms with Crippen molar-refractivity contribution in [2.24, 2.45) is 0 Å². The SMILES string of the molecule is CCCOc1cccc(-c2nc(CCC)n(N)c2N)c1. The molecule has 2 aromatic rings. The first-order chi connectivity index (χ1) is 9.67. The van der Waals surface area contributed by atoms with Gasteiger partial charge in [0.1, 0.15) is 17.3 Å². The number of aryl methyl sites for hydroxylation is 1. The van der Waals surface area contributed by atoms with Crippen molar-refractivity contribution in [1.29, 1.82) is 0 Å². The summed E-state index contributed by atoms with van der Waals surface area (Å²) in [6, 6.07) is 7.79. The highest BCUT2D eigenvalue weighted by molar-refractivity contribution is 5.72. The molecule has 1 aromatic heterocycles. The smallest absolute Gasteiger partial charge is 0.150 e. The summed E-state index contributed by atoms with van der Waals surface area (Å²) in [5, 5.41) is 0. The minimum atomic E-state index is 0.487. The molecular weight excluding hydrogens is 252 g/mol. The number of benzene rings is 1. The Labute approximate surface area is 119 Å². The number of anilines is 1. The van der Waals surface area contributed by atoms with Gasteiger partial charge in [0.25, 0.3) is 0 Å². The molecule has 5 nitrogen and oxygen atoms in total. The van der Waals surface area contributed by atoms with Crippen LogP contribution in [0.3, 0.4) is 0 Å². The molecular formula is C15H22N4O. The fraction of sp³-hybridized carbons (Fsp3) is 0.400. The lowest BCUT2D eigenvalue weighted by atomic mass is 10.1. The maximum Gasteiger partial charge on any atom is 0.150 e. The van der Waals surface area contributed by atoms with E-state index in [1.165, 1.54) is 4.68 Å². The van der Waals surface area contributed by atoms with E-state index in [0.717, 1.165) is 42.1 Å². The predicted octanol–water partition coefficient (Wildman–Crippen LogP) is 2.59. The molecule has 0 aliphatic heterocycles. The third-order valence-corrected chi connectivity index (χ3v) is 3.08. The number of nitrogens with zero attached hydrogens (tertiary/aromatic N) is 2. The van der Waals surface area contributed by atoms with Gasteiger partial charge < -0.3 is 16.3 Å². The van der Waals surface area contributed by atoms with Gasteiger partial charge in [-0.05, 0) is 25.0 Å². The van der Waals surface area contributed by atoms with Crippen molar-refractivity contribution in [3.63, 3.8) is 0 Å². The maximum absolute atomic E-state index is 6.05. The number of hydrogen-bond acceptors (Lipinski definition) is 4. The van der Waals surface area contributed by atoms with Crippen molar-refractivity contribution in [2.45, 2.75) is 33.1 Å². The van der Waals surface area contributed by atoms with Gasteiger partial charge in [0.05, 0.1) is 6.61 Å². The summed E-state index contributed by atoms with van der Waals surface area (Å²) in [4.78, 5) is 4.55. The first-order valence-electron chi connectivity index (χ1n) is 7.02. The lowest BCUT2D eigenvalue weighted by molar-refractivity contribution is 0.317. The van der Waals surface area contributed by atoms with Crippen molar-refractivity contribution in [3.05, 3.63) is 30.1 Å². The van der Waals surface area contributed by atoms with Gasteiger partial charge in [0, 0.05) is 12.0 Å². The third-order valence-electron chi connectivity index (χ3n) is 3.08. The molecule has 0 fully saturated rings. The van der Waals surface area contributed by atoms with Crippen LogP contribution in [0.2, 0.25) is 0 Å². The summed E-state index contributed by atoms with van der Waals surface area (Å²) in [5.74, 6) is 8.06. The van der Waals surface area contributed by atoms with Crippen molar-refractivity contribution < 1.29 is 4.74 Å². The molecule has 2 rings (SSSR count). The molecule has 0 spiro atoms. The fourth-order valence-electron chi connectivity index (χ4n) is 2.06. The summed E-state index contributed by atoms with van der Waals surface area (Å²) < 4.78 is 7.11. The first-order valence-corrected chi connectivity index (χ1v) is 7.02. The van der Waals surface area contributed by atoms with Crippen LogP contribution >= 0.6 is 0 Å². The lowest BCUT2D eigenvalue weighted by Crippen LogP contribution is -2.15. The van der Waals surface area contributed by atoms with Crippen LogP contribution in [0.5, 0.6) is 5.75 Å². The van der Waals surface area contributed by atoms with Crippen LogP contribution in [-0.4, -0.2) is 16.3 Å². The van der Waals surface area contributed by atoms with Crippen LogP contribution in [0.4, 0.5) is 5.82 Å². The van der Waals surface area contributed by atoms with Crippen molar-refractivity contribution in [3.8, 4) is 17.0 Å². The molecule has 20 heavy (non-hydrogen) atoms. The van der Waals surface area contributed by atoms with E-state index in [2.05, 4.69) is 18.8 Å². The van der Waals surface area contributed by atoms with Crippen LogP contribution < -0.4 is 16.3 Å². The Kier molecular flexibility index (Phi) is 4.50. The average molecular weight is 274 g/mol. The summed E-state index contributed by atoms with van der Waals surface area (Å²) >= 11 is 0. The van der Waals surface area contributed by atoms with Gasteiger partial charge in [0.2, 0.25) is 0 Å². The molecule has 4 N–H and O–H groups in total. The number of rotatable bonds is 6. The van der Waals surface area contributed by atoms with Gasteiger partial charge in [-0.25, -0.2) is 9.66 Å². The van der Waals surface area contributed by atoms with E-state index in [4.69, 9.17) is 16.3 Å². The number of ether oxygens (including phenoxy) is 1. The molecule has 0 unspecified atom stereocenters. The minimum Gasteiger partial charge on any atom is -0.494 e. The number of nitrogens with two attached hydrogens (primary N) is 2. The summed E-state index contributed by atoms with van der Waals surface area (Å²) in [5.41, 5.74) is 7.70. The highest BCUT2D eigenvalue weighted by Crippen LogP contribution is 2.28. The zero-order valence-corrected chi connectivity index (χ0v) is 12.1. The Morgan fingerprint density at radius 2 is 2.05 bits per heavy atom. The molecule has 0 saturated heterocycles. The Morgan fingerprint density at radius 1 is 1.25 bits per heavy atom. The van der Waals surface area contributed by atoms with Gasteiger partial charge in [-0.1, -0.05) is 26.0 Å². The first kappa shape index (κ1) is 14.2. The molecule has 1 heterocycles. The monoisotopic (exact) mass is 274 g/mol. The number of hydrogen-bond donors (Lipinski definition) is 2. The number of imidazole rings is 1. The molecule has 0 radical (unpaired) electrons. The molecule has 0 amide bonds. The van der Waals surface area contributed by atoms with E-state index in [9.17, 15) is 0 Å². The van der Waals surface area contributed by atoms with E-state index in [1.807, 2.05) is 24.3 Å². The zero-order chi connectivity index (χ0) is 14.5. The van der Waals surface area contributed by atoms with Crippen molar-refractivity contribution in [1.82, 2.24) is 9.66 Å². The highest BCUT2D eigenvalue weighted by Gasteiger charge is 2.14. The van der Waals surface area contributed by atoms with Gasteiger partial charge in [-0.15, -0.1) is 0 Å². The molecule has 1 aromatic carbocycles. The van der Waals surface area contributed by atoms with Crippen LogP contribution in [0.1, 0.15) is 32.5 Å². The van der Waals surface area contributed by atoms with Crippen molar-refractivity contribution in [2.75, 3.05) is 18.2 Å². The van der Waals surface area contributed by atoms with E-state index < -0.39 is 0 Å². The second kappa shape index (κ2) is 6.32. The van der Waals surface area contributed by atoms with Crippen molar-refractivity contribution >= 4 is 5.82 Å². The standard InChI is InChI=1S/C15H22N4O/c1-3-6-13-18-14(15(16)19(13)17)11-7-5-8-12(10-11)20-9-4-2/h5,7-8,10H,3-4,6,9,16-17H2,1-2H3. The average Bonchev–Trinajstić information content (AvgIpc) is 2.74. The normalized spacial score (nSPS) is 10.7. The topological polar surface area (TPSA) is 79.1 Å². The maximum atomic E-state index is 6.05. The van der Waals surface area contributed by atoms with Gasteiger partial charge in [-0.3, -0.25) is 0 Å². The second-order valence-corrected chi connectivity index (χ2v) is 4.76. The Morgan fingerprint density at radius 3 is 2.75 bits per heavy atom. The van der Waals surface area contributed by atoms with E-state index in [0.29, 0.717) is 12.4 Å². The fourth-order valence-corrected chi connectivity index (χ4v) is 2.06. The van der Waals surface area contributed by atoms with Crippen LogP contribution in [0.15, 0.2) is 24.3 Å². The van der Waals surface area contributed by atoms with Gasteiger partial charge >= 0.3 is 0 Å². The molecule has 0 saturated carbocycles. The highest BCUT2D eigenvalue weighted by atomic mass is 16.5. The van der Waals surface area contributed by atoms with Crippen LogP contribution in [0, 0.1) is 0 Å². The zero-order valence-electron chi connectivity index (χ0n) is 12.1. The number of aromatic nitrogens is 2. The third kappa shape index (κ3) is 2.87. The Hall–Kier alpha value is -2.17. The lowest BCUT2D eigenvalue weighted by Gasteiger charge is -2.06. The quantitative estimate of drug-likeness (QED) is 0.793. The second-order valence-electron chi connectivity index (χ2n) is 4.76. The Balaban J connectivity index is 2.33. The molecule has 5 heteroatoms. The largest absolute Gasteiger partial charge is 0.494 e. The van der Waals surface area contributed by atoms with Gasteiger partial charge in [0.15, 0.2) is 5.82 Å². The van der Waals surface area contributed by atoms with Crippen LogP contribution in [-0.2, 0) is 6.42 Å². The molecule has 0 aliphatic carbocycles. The minimum absolute atomic E-state index is 0.487. The van der Waals surface area contributed by atoms with E-state index in [1.54, 1.807) is 0 Å². The predicted molar refractivity (Wildman–Crippen MR) is 82.0 cm³/mol. The number of nitrogen functional groups attached to an aromatic ring is 2. The molecule has 108 valence electrons.